The van der Waals surface area contributed by atoms with Gasteiger partial charge in [-0.2, -0.15) is 10.4 Å². The highest BCUT2D eigenvalue weighted by Crippen LogP contribution is 2.33. The largest absolute Gasteiger partial charge is 0.379 e. The zero-order chi connectivity index (χ0) is 21.4. The maximum atomic E-state index is 9.76. The van der Waals surface area contributed by atoms with Crippen molar-refractivity contribution >= 4 is 45.9 Å². The van der Waals surface area contributed by atoms with Gasteiger partial charge >= 0.3 is 0 Å². The highest BCUT2D eigenvalue weighted by molar-refractivity contribution is 6.38. The van der Waals surface area contributed by atoms with Gasteiger partial charge in [0, 0.05) is 52.8 Å². The van der Waals surface area contributed by atoms with Gasteiger partial charge in [0.1, 0.15) is 5.65 Å². The van der Waals surface area contributed by atoms with E-state index < -0.39 is 0 Å². The lowest BCUT2D eigenvalue weighted by molar-refractivity contribution is 0.184. The number of aromatic nitrogens is 4. The Morgan fingerprint density at radius 3 is 2.84 bits per heavy atom. The number of fused-ring (bicyclic) bond motifs is 1. The molecular formula is C23H17Cl2N5O. The smallest absolute Gasteiger partial charge is 0.137 e. The molecule has 1 aliphatic heterocycles. The number of aromatic amines is 1. The molecule has 1 N–H and O–H groups in total. The monoisotopic (exact) mass is 449 g/mol. The summed E-state index contributed by atoms with van der Waals surface area (Å²) in [5.41, 5.74) is 4.39. The van der Waals surface area contributed by atoms with Gasteiger partial charge in [0.25, 0.3) is 0 Å². The summed E-state index contributed by atoms with van der Waals surface area (Å²) >= 11 is 12.6. The first-order chi connectivity index (χ1) is 15.1. The molecule has 0 radical (unpaired) electrons. The lowest BCUT2D eigenvalue weighted by atomic mass is 10.0. The van der Waals surface area contributed by atoms with Crippen LogP contribution in [0.25, 0.3) is 33.8 Å². The third-order valence-electron chi connectivity index (χ3n) is 5.43. The molecule has 8 heteroatoms. The fourth-order valence-corrected chi connectivity index (χ4v) is 4.39. The Balaban J connectivity index is 1.55. The van der Waals surface area contributed by atoms with Crippen molar-refractivity contribution in [2.45, 2.75) is 12.5 Å². The number of nitrogens with zero attached hydrogens (tertiary/aromatic N) is 4. The van der Waals surface area contributed by atoms with Crippen LogP contribution < -0.4 is 0 Å². The number of pyridine rings is 1. The highest BCUT2D eigenvalue weighted by atomic mass is 35.5. The minimum Gasteiger partial charge on any atom is -0.379 e. The lowest BCUT2D eigenvalue weighted by Crippen LogP contribution is -2.08. The Bertz CT molecular complexity index is 1320. The van der Waals surface area contributed by atoms with Gasteiger partial charge in [0.15, 0.2) is 0 Å². The molecule has 3 aromatic heterocycles. The van der Waals surface area contributed by atoms with Gasteiger partial charge in [-0.1, -0.05) is 29.3 Å². The zero-order valence-corrected chi connectivity index (χ0v) is 17.9. The Morgan fingerprint density at radius 2 is 2.10 bits per heavy atom. The predicted molar refractivity (Wildman–Crippen MR) is 122 cm³/mol. The maximum Gasteiger partial charge on any atom is 0.137 e. The van der Waals surface area contributed by atoms with Crippen LogP contribution in [0.15, 0.2) is 49.1 Å². The predicted octanol–water partition coefficient (Wildman–Crippen LogP) is 5.76. The summed E-state index contributed by atoms with van der Waals surface area (Å²) in [7, 11) is 0. The fraction of sp³-hybridized carbons (Fsp3) is 0.174. The van der Waals surface area contributed by atoms with Gasteiger partial charge in [-0.3, -0.25) is 4.68 Å². The van der Waals surface area contributed by atoms with Crippen LogP contribution in [0, 0.1) is 11.3 Å². The van der Waals surface area contributed by atoms with Crippen molar-refractivity contribution in [3.05, 3.63) is 70.2 Å². The molecular weight excluding hydrogens is 433 g/mol. The summed E-state index contributed by atoms with van der Waals surface area (Å²) in [4.78, 5) is 7.70. The van der Waals surface area contributed by atoms with E-state index >= 15 is 0 Å². The van der Waals surface area contributed by atoms with Crippen LogP contribution in [0.4, 0.5) is 0 Å². The molecule has 0 saturated carbocycles. The van der Waals surface area contributed by atoms with E-state index in [0.717, 1.165) is 40.8 Å². The molecule has 6 nitrogen and oxygen atoms in total. The number of hydrogen-bond acceptors (Lipinski definition) is 4. The van der Waals surface area contributed by atoms with Gasteiger partial charge < -0.3 is 9.72 Å². The number of H-pyrrole nitrogens is 1. The average Bonchev–Trinajstić information content (AvgIpc) is 3.53. The molecule has 1 unspecified atom stereocenters. The second kappa shape index (κ2) is 8.20. The van der Waals surface area contributed by atoms with Crippen molar-refractivity contribution in [3.63, 3.8) is 0 Å². The summed E-state index contributed by atoms with van der Waals surface area (Å²) in [6.07, 6.45) is 10.2. The number of nitrogens with one attached hydrogen (secondary N) is 1. The van der Waals surface area contributed by atoms with E-state index in [0.29, 0.717) is 27.8 Å². The molecule has 1 aromatic carbocycles. The van der Waals surface area contributed by atoms with E-state index in [1.807, 2.05) is 35.5 Å². The van der Waals surface area contributed by atoms with E-state index in [9.17, 15) is 5.26 Å². The summed E-state index contributed by atoms with van der Waals surface area (Å²) < 4.78 is 7.42. The SMILES string of the molecule is N#CC(=Cc1c[nH]c2ncc(-c3cnn(C4CCOC4)c3)cc12)c1c(Cl)cccc1Cl. The highest BCUT2D eigenvalue weighted by Gasteiger charge is 2.19. The molecule has 0 spiro atoms. The lowest BCUT2D eigenvalue weighted by Gasteiger charge is -2.07. The van der Waals surface area contributed by atoms with Crippen molar-refractivity contribution in [1.29, 1.82) is 5.26 Å². The molecule has 0 aliphatic carbocycles. The van der Waals surface area contributed by atoms with Crippen molar-refractivity contribution in [2.24, 2.45) is 0 Å². The number of benzene rings is 1. The minimum absolute atomic E-state index is 0.273. The van der Waals surface area contributed by atoms with E-state index in [1.54, 1.807) is 24.3 Å². The van der Waals surface area contributed by atoms with E-state index in [4.69, 9.17) is 27.9 Å². The molecule has 0 amide bonds. The van der Waals surface area contributed by atoms with Gasteiger partial charge in [-0.15, -0.1) is 0 Å². The van der Waals surface area contributed by atoms with Crippen molar-refractivity contribution in [2.75, 3.05) is 13.2 Å². The summed E-state index contributed by atoms with van der Waals surface area (Å²) in [5, 5.41) is 16.0. The van der Waals surface area contributed by atoms with E-state index in [1.165, 1.54) is 0 Å². The number of allylic oxidation sites excluding steroid dienone is 1. The molecule has 31 heavy (non-hydrogen) atoms. The first kappa shape index (κ1) is 19.8. The van der Waals surface area contributed by atoms with E-state index in [-0.39, 0.29) is 6.04 Å². The Morgan fingerprint density at radius 1 is 1.26 bits per heavy atom. The number of nitriles is 1. The zero-order valence-electron chi connectivity index (χ0n) is 16.3. The second-order valence-electron chi connectivity index (χ2n) is 7.36. The number of rotatable bonds is 4. The van der Waals surface area contributed by atoms with Crippen LogP contribution in [0.1, 0.15) is 23.6 Å². The van der Waals surface area contributed by atoms with Crippen LogP contribution >= 0.6 is 23.2 Å². The van der Waals surface area contributed by atoms with Crippen LogP contribution in [-0.2, 0) is 4.74 Å². The molecule has 4 heterocycles. The third-order valence-corrected chi connectivity index (χ3v) is 6.06. The first-order valence-corrected chi connectivity index (χ1v) is 10.5. The van der Waals surface area contributed by atoms with Gasteiger partial charge in [-0.05, 0) is 30.7 Å². The molecule has 1 fully saturated rings. The normalized spacial score (nSPS) is 16.7. The van der Waals surface area contributed by atoms with Gasteiger partial charge in [-0.25, -0.2) is 4.98 Å². The van der Waals surface area contributed by atoms with Crippen molar-refractivity contribution in [1.82, 2.24) is 19.7 Å². The van der Waals surface area contributed by atoms with Crippen LogP contribution in [0.3, 0.4) is 0 Å². The summed E-state index contributed by atoms with van der Waals surface area (Å²) in [6, 6.07) is 9.72. The molecule has 5 rings (SSSR count). The number of halogens is 2. The molecule has 4 aromatic rings. The topological polar surface area (TPSA) is 79.5 Å². The Kier molecular flexibility index (Phi) is 5.24. The average molecular weight is 450 g/mol. The molecule has 1 saturated heterocycles. The molecule has 154 valence electrons. The fourth-order valence-electron chi connectivity index (χ4n) is 3.79. The quantitative estimate of drug-likeness (QED) is 0.401. The van der Waals surface area contributed by atoms with Crippen molar-refractivity contribution in [3.8, 4) is 17.2 Å². The second-order valence-corrected chi connectivity index (χ2v) is 8.17. The van der Waals surface area contributed by atoms with Crippen molar-refractivity contribution < 1.29 is 4.74 Å². The number of hydrogen-bond donors (Lipinski definition) is 1. The number of ether oxygens (including phenoxy) is 1. The van der Waals surface area contributed by atoms with Crippen LogP contribution in [-0.4, -0.2) is 33.0 Å². The Labute approximate surface area is 188 Å². The summed E-state index contributed by atoms with van der Waals surface area (Å²) in [6.45, 7) is 1.45. The standard InChI is InChI=1S/C23H17Cl2N5O/c24-20-2-1-3-21(25)22(20)14(8-26)6-16-10-28-23-19(16)7-15(9-27-23)17-11-29-30(12-17)18-4-5-31-13-18/h1-3,6-7,9-12,18H,4-5,13H2,(H,27,28). The summed E-state index contributed by atoms with van der Waals surface area (Å²) in [5.74, 6) is 0. The van der Waals surface area contributed by atoms with Gasteiger partial charge in [0.05, 0.1) is 40.5 Å². The molecule has 1 atom stereocenters. The first-order valence-electron chi connectivity index (χ1n) is 9.79. The molecule has 1 aliphatic rings. The Hall–Kier alpha value is -3.11. The minimum atomic E-state index is 0.273. The van der Waals surface area contributed by atoms with Crippen LogP contribution in [0.2, 0.25) is 10.0 Å². The third kappa shape index (κ3) is 3.72. The maximum absolute atomic E-state index is 9.76. The van der Waals surface area contributed by atoms with E-state index in [2.05, 4.69) is 21.1 Å². The van der Waals surface area contributed by atoms with Crippen LogP contribution in [0.5, 0.6) is 0 Å². The molecule has 0 bridgehead atoms. The van der Waals surface area contributed by atoms with Gasteiger partial charge in [0.2, 0.25) is 0 Å².